The van der Waals surface area contributed by atoms with Crippen LogP contribution in [0.15, 0.2) is 54.6 Å². The Kier molecular flexibility index (Phi) is 13.2. The summed E-state index contributed by atoms with van der Waals surface area (Å²) in [5, 5.41) is 25.3. The molecule has 4 amide bonds. The second-order valence-corrected chi connectivity index (χ2v) is 22.9. The average Bonchev–Trinajstić information content (AvgIpc) is 4.19. The smallest absolute Gasteiger partial charge is 0.342 e. The Balaban J connectivity index is 0.710. The van der Waals surface area contributed by atoms with Crippen LogP contribution >= 0.6 is 11.8 Å². The van der Waals surface area contributed by atoms with Gasteiger partial charge in [0.25, 0.3) is 0 Å². The van der Waals surface area contributed by atoms with Crippen LogP contribution in [-0.2, 0) is 54.2 Å². The van der Waals surface area contributed by atoms with Crippen molar-refractivity contribution in [3.63, 3.8) is 0 Å². The van der Waals surface area contributed by atoms with Gasteiger partial charge in [-0.25, -0.2) is 14.4 Å². The molecule has 6 aliphatic heterocycles. The molecule has 2 aliphatic carbocycles. The van der Waals surface area contributed by atoms with E-state index in [-0.39, 0.29) is 67.7 Å². The second-order valence-electron chi connectivity index (χ2n) is 21.7. The number of nitrogens with one attached hydrogen (secondary N) is 4. The number of rotatable bonds is 20. The van der Waals surface area contributed by atoms with Gasteiger partial charge >= 0.3 is 18.0 Å². The summed E-state index contributed by atoms with van der Waals surface area (Å²) in [6.07, 6.45) is 0.446. The number of carbonyl (C=O) groups is 6. The zero-order valence-corrected chi connectivity index (χ0v) is 41.1. The molecular formula is C52H66N4O13S. The molecule has 0 radical (unpaired) electrons. The fourth-order valence-electron chi connectivity index (χ4n) is 14.0. The number of aliphatic hydroxyl groups is 1. The highest BCUT2D eigenvalue weighted by atomic mass is 32.2. The first kappa shape index (κ1) is 49.0. The number of ketones is 1. The Morgan fingerprint density at radius 2 is 1.57 bits per heavy atom. The van der Waals surface area contributed by atoms with Crippen LogP contribution in [-0.4, -0.2) is 132 Å². The fraction of sp³-hybridized carbons (Fsp3) is 0.654. The predicted molar refractivity (Wildman–Crippen MR) is 253 cm³/mol. The van der Waals surface area contributed by atoms with Crippen molar-refractivity contribution >= 4 is 47.3 Å². The molecule has 2 aromatic rings. The van der Waals surface area contributed by atoms with Gasteiger partial charge in [0.2, 0.25) is 23.7 Å². The maximum absolute atomic E-state index is 14.6. The highest BCUT2D eigenvalue weighted by molar-refractivity contribution is 8.00. The lowest BCUT2D eigenvalue weighted by Gasteiger charge is -2.48. The van der Waals surface area contributed by atoms with Crippen LogP contribution in [0.2, 0.25) is 0 Å². The van der Waals surface area contributed by atoms with Crippen LogP contribution in [0.5, 0.6) is 0 Å². The van der Waals surface area contributed by atoms with Gasteiger partial charge in [-0.05, 0) is 55.4 Å². The van der Waals surface area contributed by atoms with Gasteiger partial charge in [0.15, 0.2) is 11.9 Å². The number of hydrogen-bond acceptors (Lipinski definition) is 14. The van der Waals surface area contributed by atoms with Gasteiger partial charge in [-0.15, -0.1) is 0 Å². The molecule has 2 saturated carbocycles. The van der Waals surface area contributed by atoms with Crippen molar-refractivity contribution in [1.29, 1.82) is 0 Å². The summed E-state index contributed by atoms with van der Waals surface area (Å²) in [6.45, 7) is 9.42. The van der Waals surface area contributed by atoms with E-state index in [1.807, 2.05) is 36.9 Å². The van der Waals surface area contributed by atoms with E-state index in [4.69, 9.17) is 28.4 Å². The molecule has 6 heterocycles. The molecule has 70 heavy (non-hydrogen) atoms. The number of esters is 2. The van der Waals surface area contributed by atoms with E-state index < -0.39 is 76.0 Å². The maximum Gasteiger partial charge on any atom is 0.342 e. The summed E-state index contributed by atoms with van der Waals surface area (Å²) in [4.78, 5) is 78.6. The van der Waals surface area contributed by atoms with Crippen molar-refractivity contribution in [2.75, 3.05) is 32.1 Å². The minimum Gasteiger partial charge on any atom is -0.459 e. The first-order valence-electron chi connectivity index (χ1n) is 25.1. The van der Waals surface area contributed by atoms with E-state index in [1.165, 1.54) is 0 Å². The van der Waals surface area contributed by atoms with Crippen LogP contribution in [0.4, 0.5) is 4.79 Å². The molecule has 10 rings (SSSR count). The van der Waals surface area contributed by atoms with Crippen molar-refractivity contribution in [2.45, 2.75) is 151 Å². The molecule has 18 heteroatoms. The molecule has 17 nitrogen and oxygen atoms in total. The van der Waals surface area contributed by atoms with E-state index in [0.29, 0.717) is 61.8 Å². The van der Waals surface area contributed by atoms with Gasteiger partial charge in [-0.3, -0.25) is 14.4 Å². The number of ether oxygens (including phenoxy) is 6. The van der Waals surface area contributed by atoms with Crippen molar-refractivity contribution in [1.82, 2.24) is 21.3 Å². The molecule has 8 aliphatic rings. The molecule has 1 unspecified atom stereocenters. The summed E-state index contributed by atoms with van der Waals surface area (Å²) in [5.41, 5.74) is -4.77. The zero-order valence-electron chi connectivity index (χ0n) is 40.3. The van der Waals surface area contributed by atoms with Gasteiger partial charge in [-0.2, -0.15) is 11.8 Å². The highest BCUT2D eigenvalue weighted by Gasteiger charge is 3.01. The lowest BCUT2D eigenvalue weighted by Crippen LogP contribution is -2.66. The number of benzene rings is 2. The van der Waals surface area contributed by atoms with Gasteiger partial charge in [0.1, 0.15) is 11.7 Å². The number of carbonyl (C=O) groups excluding carboxylic acids is 6. The van der Waals surface area contributed by atoms with E-state index >= 15 is 0 Å². The van der Waals surface area contributed by atoms with Crippen molar-refractivity contribution in [3.8, 4) is 0 Å². The molecule has 2 aromatic carbocycles. The van der Waals surface area contributed by atoms with E-state index in [1.54, 1.807) is 36.4 Å². The third kappa shape index (κ3) is 7.67. The Morgan fingerprint density at radius 3 is 2.29 bits per heavy atom. The summed E-state index contributed by atoms with van der Waals surface area (Å²) < 4.78 is 38.3. The molecule has 8 fully saturated rings. The minimum atomic E-state index is -1.90. The highest BCUT2D eigenvalue weighted by Crippen LogP contribution is 2.85. The Morgan fingerprint density at radius 1 is 0.871 bits per heavy atom. The largest absolute Gasteiger partial charge is 0.459 e. The number of fused-ring (bicyclic) bond motifs is 2. The van der Waals surface area contributed by atoms with E-state index in [9.17, 15) is 33.9 Å². The molecule has 378 valence electrons. The molecule has 14 atom stereocenters. The van der Waals surface area contributed by atoms with Crippen LogP contribution in [0, 0.1) is 28.1 Å². The summed E-state index contributed by atoms with van der Waals surface area (Å²) in [6, 6.07) is 16.4. The van der Waals surface area contributed by atoms with Crippen LogP contribution in [0.25, 0.3) is 0 Å². The Labute approximate surface area is 412 Å². The van der Waals surface area contributed by atoms with Crippen molar-refractivity contribution < 1.29 is 62.3 Å². The normalized spacial score (nSPS) is 37.2. The monoisotopic (exact) mass is 986 g/mol. The number of urea groups is 1. The Hall–Kier alpha value is -4.59. The lowest BCUT2D eigenvalue weighted by molar-refractivity contribution is -0.238. The predicted octanol–water partition coefficient (Wildman–Crippen LogP) is 4.10. The first-order chi connectivity index (χ1) is 33.6. The number of unbranched alkanes of at least 4 members (excludes halogenated alkanes) is 1. The lowest BCUT2D eigenvalue weighted by atomic mass is 9.51. The first-order valence-corrected chi connectivity index (χ1v) is 26.2. The number of amides is 4. The summed E-state index contributed by atoms with van der Waals surface area (Å²) in [5.74, 6) is -1.55. The van der Waals surface area contributed by atoms with Crippen molar-refractivity contribution in [2.24, 2.45) is 28.1 Å². The number of thioether (sulfide) groups is 1. The van der Waals surface area contributed by atoms with Crippen LogP contribution in [0.3, 0.4) is 0 Å². The standard InChI is InChI=1S/C52H66N4O13S/c1-29-34(13-10-16-40(58)54-22-24-64-23-21-53-39(57)15-9-8-14-35-41-33(28-70-35)55-47(62)56-41)66-38-26-49-37-25-36(48(2,3)4)50(49)43(44(60)68-46(50)69-52(49,45(61)67-37)51(29,38)63)65-27-30-17-19-32(20-18-30)42(59)31-11-6-5-7-12-31/h5-7,11-12,17-20,29,33-38,41,43,46,63H,8-10,13-16,21-28H2,1-4H3,(H,53,57)(H,54,58)(H2,55,56,62)/t29-,33+,34?,35+,36+,37-,38+,41+,43+,46+,49-,50+,51-,52-/m1/s1. The second kappa shape index (κ2) is 18.8. The molecule has 6 saturated heterocycles. The van der Waals surface area contributed by atoms with Gasteiger partial charge in [0.05, 0.1) is 54.9 Å². The molecule has 0 bridgehead atoms. The molecule has 5 N–H and O–H groups in total. The van der Waals surface area contributed by atoms with Gasteiger partial charge in [-0.1, -0.05) is 88.7 Å². The molecule has 0 aromatic heterocycles. The summed E-state index contributed by atoms with van der Waals surface area (Å²) in [7, 11) is 0. The van der Waals surface area contributed by atoms with Gasteiger partial charge < -0.3 is 54.8 Å². The van der Waals surface area contributed by atoms with E-state index in [0.717, 1.165) is 30.6 Å². The van der Waals surface area contributed by atoms with Crippen molar-refractivity contribution in [3.05, 3.63) is 71.3 Å². The zero-order chi connectivity index (χ0) is 49.2. The molecular weight excluding hydrogens is 921 g/mol. The van der Waals surface area contributed by atoms with Gasteiger partial charge in [0, 0.05) is 54.0 Å². The Bertz CT molecular complexity index is 2370. The quantitative estimate of drug-likeness (QED) is 0.0546. The number of hydrogen-bond donors (Lipinski definition) is 5. The summed E-state index contributed by atoms with van der Waals surface area (Å²) >= 11 is 1.87. The average molecular weight is 987 g/mol. The topological polar surface area (TPSA) is 226 Å². The van der Waals surface area contributed by atoms with Crippen LogP contribution in [0.1, 0.15) is 107 Å². The maximum atomic E-state index is 14.6. The van der Waals surface area contributed by atoms with Crippen LogP contribution < -0.4 is 21.3 Å². The molecule has 2 spiro atoms. The van der Waals surface area contributed by atoms with E-state index in [2.05, 4.69) is 42.0 Å². The SMILES string of the molecule is C[C@@H]1C(CCCC(=O)NCCOCCNC(=O)CCCC[C@@H]2SC[C@@H]3NC(=O)N[C@@H]32)O[C@H]2C[C@@]34[C@H]5C[C@@H](C(C)(C)C)[C@]36[C@@H](OC(=O)[C@@H]6OCc3ccc(C(=O)c6ccccc6)cc3)O[C@@]4(C(=O)O5)[C@]21O. The third-order valence-electron chi connectivity index (χ3n) is 17.0. The third-order valence-corrected chi connectivity index (χ3v) is 18.5. The minimum absolute atomic E-state index is 0.0156. The fourth-order valence-corrected chi connectivity index (χ4v) is 15.6.